The zero-order chi connectivity index (χ0) is 14.4. The Labute approximate surface area is 155 Å². The number of thiocarbonyl (C=S) groups is 2. The lowest BCUT2D eigenvalue weighted by molar-refractivity contribution is 2.20. The Morgan fingerprint density at radius 2 is 1.11 bits per heavy atom. The summed E-state index contributed by atoms with van der Waals surface area (Å²) in [4.78, 5) is 2.44. The Morgan fingerprint density at radius 1 is 0.737 bits per heavy atom. The summed E-state index contributed by atoms with van der Waals surface area (Å²) in [5.74, 6) is 0. The van der Waals surface area contributed by atoms with Crippen molar-refractivity contribution in [3.05, 3.63) is 18.3 Å². The van der Waals surface area contributed by atoms with Crippen molar-refractivity contribution in [2.24, 2.45) is 0 Å². The monoisotopic (exact) mass is 420 g/mol. The van der Waals surface area contributed by atoms with E-state index in [1.165, 1.54) is 18.3 Å². The molecule has 0 spiro atoms. The van der Waals surface area contributed by atoms with Gasteiger partial charge in [-0.05, 0) is 46.6 Å². The molecule has 1 rings (SSSR count). The van der Waals surface area contributed by atoms with Crippen molar-refractivity contribution < 1.29 is 0 Å². The zero-order valence-electron chi connectivity index (χ0n) is 10.7. The first-order chi connectivity index (χ1) is 9.08. The van der Waals surface area contributed by atoms with Gasteiger partial charge in [-0.15, -0.1) is 47.0 Å². The van der Waals surface area contributed by atoms with Crippen molar-refractivity contribution in [2.75, 3.05) is 25.0 Å². The lowest BCUT2D eigenvalue weighted by Gasteiger charge is -2.07. The molecular weight excluding hydrogens is 409 g/mol. The van der Waals surface area contributed by atoms with Crippen LogP contribution in [0.25, 0.3) is 0 Å². The van der Waals surface area contributed by atoms with Crippen molar-refractivity contribution >= 4 is 113 Å². The molecular formula is C10H12S9. The number of thioether (sulfide) groups is 5. The maximum atomic E-state index is 5.42. The average Bonchev–Trinajstić information content (AvgIpc) is 2.89. The Kier molecular flexibility index (Phi) is 10.1. The molecule has 9 heteroatoms. The predicted octanol–water partition coefficient (Wildman–Crippen LogP) is 6.56. The van der Waals surface area contributed by atoms with Gasteiger partial charge in [-0.25, -0.2) is 0 Å². The minimum Gasteiger partial charge on any atom is -0.126 e. The van der Waals surface area contributed by atoms with Gasteiger partial charge in [-0.1, -0.05) is 36.2 Å². The van der Waals surface area contributed by atoms with E-state index in [2.05, 4.69) is 12.5 Å². The van der Waals surface area contributed by atoms with Crippen molar-refractivity contribution in [1.29, 1.82) is 0 Å². The predicted molar refractivity (Wildman–Crippen MR) is 116 cm³/mol. The highest BCUT2D eigenvalue weighted by atomic mass is 33.1. The van der Waals surface area contributed by atoms with Crippen LogP contribution in [-0.4, -0.2) is 33.4 Å². The molecule has 106 valence electrons. The topological polar surface area (TPSA) is 0 Å². The van der Waals surface area contributed by atoms with E-state index in [-0.39, 0.29) is 0 Å². The second-order valence-electron chi connectivity index (χ2n) is 2.89. The molecule has 0 atom stereocenters. The molecule has 1 aliphatic rings. The van der Waals surface area contributed by atoms with Crippen LogP contribution in [0.5, 0.6) is 0 Å². The van der Waals surface area contributed by atoms with Crippen molar-refractivity contribution in [3.8, 4) is 0 Å². The van der Waals surface area contributed by atoms with E-state index < -0.39 is 0 Å². The van der Waals surface area contributed by atoms with Gasteiger partial charge in [-0.3, -0.25) is 0 Å². The van der Waals surface area contributed by atoms with Crippen LogP contribution in [0.1, 0.15) is 0 Å². The molecule has 0 aromatic rings. The van der Waals surface area contributed by atoms with Crippen molar-refractivity contribution in [1.82, 2.24) is 0 Å². The summed E-state index contributed by atoms with van der Waals surface area (Å²) in [6, 6.07) is 0. The van der Waals surface area contributed by atoms with E-state index in [0.717, 1.165) is 8.39 Å². The van der Waals surface area contributed by atoms with E-state index in [1.54, 1.807) is 80.4 Å². The Hall–Kier alpha value is 2.11. The lowest BCUT2D eigenvalue weighted by Crippen LogP contribution is -1.91. The van der Waals surface area contributed by atoms with Crippen LogP contribution in [0.3, 0.4) is 0 Å². The van der Waals surface area contributed by atoms with Gasteiger partial charge >= 0.3 is 0 Å². The SMILES string of the molecule is CSC(=S)/C(SC)=C1\SS/C(=C(/SC)C(=S)SC)S1. The highest BCUT2D eigenvalue weighted by Crippen LogP contribution is 2.61. The smallest absolute Gasteiger partial charge is 0.0856 e. The summed E-state index contributed by atoms with van der Waals surface area (Å²) in [5, 5.41) is 0. The molecule has 0 aromatic carbocycles. The second-order valence-corrected chi connectivity index (χ2v) is 11.2. The van der Waals surface area contributed by atoms with Crippen LogP contribution in [0.4, 0.5) is 0 Å². The van der Waals surface area contributed by atoms with Crippen LogP contribution in [0.15, 0.2) is 18.3 Å². The highest BCUT2D eigenvalue weighted by Gasteiger charge is 2.25. The van der Waals surface area contributed by atoms with E-state index in [1.807, 2.05) is 12.5 Å². The molecule has 1 saturated heterocycles. The molecule has 0 radical (unpaired) electrons. The van der Waals surface area contributed by atoms with Gasteiger partial charge in [0.25, 0.3) is 0 Å². The van der Waals surface area contributed by atoms with Crippen LogP contribution in [-0.2, 0) is 0 Å². The largest absolute Gasteiger partial charge is 0.126 e. The molecule has 0 unspecified atom stereocenters. The van der Waals surface area contributed by atoms with Crippen LogP contribution in [0, 0.1) is 0 Å². The van der Waals surface area contributed by atoms with Gasteiger partial charge in [0.2, 0.25) is 0 Å². The number of rotatable bonds is 4. The molecule has 0 amide bonds. The molecule has 0 aromatic heterocycles. The summed E-state index contributed by atoms with van der Waals surface area (Å²) >= 11 is 19.4. The summed E-state index contributed by atoms with van der Waals surface area (Å²) in [7, 11) is 3.59. The van der Waals surface area contributed by atoms with Crippen molar-refractivity contribution in [3.63, 3.8) is 0 Å². The van der Waals surface area contributed by atoms with Crippen LogP contribution < -0.4 is 0 Å². The van der Waals surface area contributed by atoms with Gasteiger partial charge in [-0.2, -0.15) is 0 Å². The maximum Gasteiger partial charge on any atom is 0.0856 e. The Balaban J connectivity index is 3.05. The second kappa shape index (κ2) is 9.99. The summed E-state index contributed by atoms with van der Waals surface area (Å²) in [6.45, 7) is 0. The third-order valence-corrected chi connectivity index (χ3v) is 11.6. The average molecular weight is 421 g/mol. The maximum absolute atomic E-state index is 5.42. The molecule has 0 nitrogen and oxygen atoms in total. The minimum absolute atomic E-state index is 0.975. The summed E-state index contributed by atoms with van der Waals surface area (Å²) < 4.78 is 4.54. The number of hydrogen-bond acceptors (Lipinski definition) is 9. The lowest BCUT2D eigenvalue weighted by atomic mass is 10.7. The fourth-order valence-electron chi connectivity index (χ4n) is 1.05. The third kappa shape index (κ3) is 5.35. The minimum atomic E-state index is 0.975. The molecule has 0 bridgehead atoms. The van der Waals surface area contributed by atoms with E-state index in [0.29, 0.717) is 0 Å². The molecule has 1 fully saturated rings. The van der Waals surface area contributed by atoms with Crippen LogP contribution in [0.2, 0.25) is 0 Å². The first kappa shape index (κ1) is 19.2. The first-order valence-corrected chi connectivity index (χ1v) is 13.5. The zero-order valence-corrected chi connectivity index (χ0v) is 18.0. The fourth-order valence-corrected chi connectivity index (χ4v) is 10.5. The summed E-state index contributed by atoms with van der Waals surface area (Å²) in [5.41, 5.74) is 0. The fraction of sp³-hybridized carbons (Fsp3) is 0.400. The molecule has 0 N–H and O–H groups in total. The molecule has 1 aliphatic heterocycles. The van der Waals surface area contributed by atoms with E-state index in [9.17, 15) is 0 Å². The third-order valence-electron chi connectivity index (χ3n) is 1.90. The highest BCUT2D eigenvalue weighted by molar-refractivity contribution is 8.87. The first-order valence-electron chi connectivity index (χ1n) is 4.84. The molecule has 0 saturated carbocycles. The van der Waals surface area contributed by atoms with Gasteiger partial charge in [0.15, 0.2) is 0 Å². The molecule has 0 aliphatic carbocycles. The molecule has 19 heavy (non-hydrogen) atoms. The number of hydrogen-bond donors (Lipinski definition) is 0. The Morgan fingerprint density at radius 3 is 1.37 bits per heavy atom. The quantitative estimate of drug-likeness (QED) is 0.279. The van der Waals surface area contributed by atoms with Gasteiger partial charge < -0.3 is 0 Å². The standard InChI is InChI=1S/C10H12S9/c1-13-5(7(11)15-3)9-17-10(19-18-9)6(14-2)8(12)16-4/h1-4H3/b9-5+,10-6+. The van der Waals surface area contributed by atoms with Crippen LogP contribution >= 0.6 is 105 Å². The van der Waals surface area contributed by atoms with E-state index in [4.69, 9.17) is 24.4 Å². The Bertz CT molecular complexity index is 394. The van der Waals surface area contributed by atoms with Gasteiger partial charge in [0.05, 0.1) is 26.7 Å². The van der Waals surface area contributed by atoms with Crippen molar-refractivity contribution in [2.45, 2.75) is 0 Å². The summed E-state index contributed by atoms with van der Waals surface area (Å²) in [6.07, 6.45) is 8.23. The van der Waals surface area contributed by atoms with Gasteiger partial charge in [0.1, 0.15) is 0 Å². The molecule has 1 heterocycles. The van der Waals surface area contributed by atoms with Gasteiger partial charge in [0, 0.05) is 0 Å². The van der Waals surface area contributed by atoms with E-state index >= 15 is 0 Å². The normalized spacial score (nSPS) is 20.4.